The van der Waals surface area contributed by atoms with E-state index >= 15 is 0 Å². The molecule has 0 atom stereocenters. The monoisotopic (exact) mass is 291 g/mol. The van der Waals surface area contributed by atoms with Gasteiger partial charge in [-0.25, -0.2) is 14.2 Å². The number of benzene rings is 2. The molecule has 6 heteroatoms. The van der Waals surface area contributed by atoms with E-state index < -0.39 is 11.8 Å². The molecule has 2 aromatic carbocycles. The number of rotatable bonds is 2. The molecule has 0 bridgehead atoms. The second kappa shape index (κ2) is 4.61. The van der Waals surface area contributed by atoms with Crippen LogP contribution < -0.4 is 0 Å². The number of hydrogen-bond acceptors (Lipinski definition) is 3. The molecular formula is C14H7ClFNO3. The van der Waals surface area contributed by atoms with Gasteiger partial charge in [0.2, 0.25) is 5.89 Å². The summed E-state index contributed by atoms with van der Waals surface area (Å²) in [7, 11) is 0. The molecule has 1 N–H and O–H groups in total. The topological polar surface area (TPSA) is 63.3 Å². The van der Waals surface area contributed by atoms with Crippen LogP contribution in [0.1, 0.15) is 10.4 Å². The van der Waals surface area contributed by atoms with Crippen molar-refractivity contribution in [2.45, 2.75) is 0 Å². The number of halogens is 2. The van der Waals surface area contributed by atoms with E-state index in [9.17, 15) is 9.18 Å². The van der Waals surface area contributed by atoms with Gasteiger partial charge in [0.15, 0.2) is 5.58 Å². The number of hydrogen-bond donors (Lipinski definition) is 1. The molecule has 100 valence electrons. The van der Waals surface area contributed by atoms with E-state index in [4.69, 9.17) is 21.1 Å². The molecular weight excluding hydrogens is 285 g/mol. The summed E-state index contributed by atoms with van der Waals surface area (Å²) >= 11 is 5.68. The van der Waals surface area contributed by atoms with Gasteiger partial charge in [-0.05, 0) is 36.4 Å². The first-order valence-electron chi connectivity index (χ1n) is 5.64. The van der Waals surface area contributed by atoms with E-state index in [2.05, 4.69) is 4.98 Å². The zero-order valence-electron chi connectivity index (χ0n) is 9.93. The van der Waals surface area contributed by atoms with Gasteiger partial charge in [-0.15, -0.1) is 0 Å². The number of fused-ring (bicyclic) bond motifs is 1. The lowest BCUT2D eigenvalue weighted by Gasteiger charge is -1.97. The van der Waals surface area contributed by atoms with Crippen molar-refractivity contribution in [3.05, 3.63) is 52.8 Å². The number of aromatic carboxylic acids is 1. The Morgan fingerprint density at radius 1 is 1.25 bits per heavy atom. The third-order valence-corrected chi connectivity index (χ3v) is 3.03. The van der Waals surface area contributed by atoms with Gasteiger partial charge in [-0.2, -0.15) is 0 Å². The summed E-state index contributed by atoms with van der Waals surface area (Å²) in [4.78, 5) is 15.0. The van der Waals surface area contributed by atoms with Crippen molar-refractivity contribution in [3.63, 3.8) is 0 Å². The molecule has 0 aliphatic heterocycles. The largest absolute Gasteiger partial charge is 0.478 e. The van der Waals surface area contributed by atoms with Gasteiger partial charge in [-0.3, -0.25) is 0 Å². The average Bonchev–Trinajstić information content (AvgIpc) is 2.80. The van der Waals surface area contributed by atoms with Crippen LogP contribution in [-0.2, 0) is 0 Å². The molecule has 0 unspecified atom stereocenters. The first-order chi connectivity index (χ1) is 9.54. The van der Waals surface area contributed by atoms with Crippen LogP contribution in [0.4, 0.5) is 4.39 Å². The predicted octanol–water partition coefficient (Wildman–Crippen LogP) is 3.99. The van der Waals surface area contributed by atoms with E-state index in [1.54, 1.807) is 0 Å². The third-order valence-electron chi connectivity index (χ3n) is 2.80. The standard InChI is InChI=1S/C14H7ClFNO3/c15-8-2-3-9(10(16)6-8)13-17-11-5-7(14(18)19)1-4-12(11)20-13/h1-6H,(H,18,19). The highest BCUT2D eigenvalue weighted by Gasteiger charge is 2.14. The lowest BCUT2D eigenvalue weighted by atomic mass is 10.2. The first kappa shape index (κ1) is 12.6. The van der Waals surface area contributed by atoms with Crippen molar-refractivity contribution in [2.75, 3.05) is 0 Å². The number of aromatic nitrogens is 1. The van der Waals surface area contributed by atoms with E-state index in [0.29, 0.717) is 11.1 Å². The highest BCUT2D eigenvalue weighted by atomic mass is 35.5. The number of carboxylic acid groups (broad SMARTS) is 1. The normalized spacial score (nSPS) is 10.9. The van der Waals surface area contributed by atoms with Crippen molar-refractivity contribution in [2.24, 2.45) is 0 Å². The quantitative estimate of drug-likeness (QED) is 0.775. The second-order valence-electron chi connectivity index (χ2n) is 4.13. The van der Waals surface area contributed by atoms with Gasteiger partial charge < -0.3 is 9.52 Å². The van der Waals surface area contributed by atoms with Gasteiger partial charge in [0.25, 0.3) is 0 Å². The summed E-state index contributed by atoms with van der Waals surface area (Å²) in [5.74, 6) is -1.53. The van der Waals surface area contributed by atoms with Crippen molar-refractivity contribution < 1.29 is 18.7 Å². The van der Waals surface area contributed by atoms with E-state index in [-0.39, 0.29) is 22.0 Å². The molecule has 4 nitrogen and oxygen atoms in total. The fraction of sp³-hybridized carbons (Fsp3) is 0. The van der Waals surface area contributed by atoms with Gasteiger partial charge in [0, 0.05) is 5.02 Å². The minimum Gasteiger partial charge on any atom is -0.478 e. The predicted molar refractivity (Wildman–Crippen MR) is 71.4 cm³/mol. The molecule has 0 fully saturated rings. The lowest BCUT2D eigenvalue weighted by molar-refractivity contribution is 0.0697. The van der Waals surface area contributed by atoms with Crippen LogP contribution in [0.5, 0.6) is 0 Å². The summed E-state index contributed by atoms with van der Waals surface area (Å²) in [5.41, 5.74) is 1.00. The number of carbonyl (C=O) groups is 1. The molecule has 1 heterocycles. The Balaban J connectivity index is 2.15. The molecule has 20 heavy (non-hydrogen) atoms. The Kier molecular flexibility index (Phi) is 2.91. The van der Waals surface area contributed by atoms with Crippen molar-refractivity contribution in [3.8, 4) is 11.5 Å². The van der Waals surface area contributed by atoms with Crippen LogP contribution in [0.3, 0.4) is 0 Å². The maximum absolute atomic E-state index is 13.8. The SMILES string of the molecule is O=C(O)c1ccc2oc(-c3ccc(Cl)cc3F)nc2c1. The molecule has 3 rings (SSSR count). The minimum absolute atomic E-state index is 0.0803. The van der Waals surface area contributed by atoms with Gasteiger partial charge in [0.1, 0.15) is 11.3 Å². The summed E-state index contributed by atoms with van der Waals surface area (Å²) in [6.45, 7) is 0. The fourth-order valence-electron chi connectivity index (χ4n) is 1.84. The summed E-state index contributed by atoms with van der Waals surface area (Å²) in [6, 6.07) is 8.41. The Labute approximate surface area is 117 Å². The maximum atomic E-state index is 13.8. The second-order valence-corrected chi connectivity index (χ2v) is 4.57. The number of carboxylic acids is 1. The highest BCUT2D eigenvalue weighted by Crippen LogP contribution is 2.28. The van der Waals surface area contributed by atoms with Crippen LogP contribution >= 0.6 is 11.6 Å². The van der Waals surface area contributed by atoms with Crippen LogP contribution in [0.15, 0.2) is 40.8 Å². The van der Waals surface area contributed by atoms with Crippen LogP contribution in [0.2, 0.25) is 5.02 Å². The van der Waals surface area contributed by atoms with Crippen molar-refractivity contribution in [1.82, 2.24) is 4.98 Å². The zero-order valence-corrected chi connectivity index (χ0v) is 10.7. The first-order valence-corrected chi connectivity index (χ1v) is 6.02. The van der Waals surface area contributed by atoms with Gasteiger partial charge in [-0.1, -0.05) is 11.6 Å². The summed E-state index contributed by atoms with van der Waals surface area (Å²) in [6.07, 6.45) is 0. The molecule has 3 aromatic rings. The van der Waals surface area contributed by atoms with E-state index in [0.717, 1.165) is 6.07 Å². The van der Waals surface area contributed by atoms with Gasteiger partial charge >= 0.3 is 5.97 Å². The Morgan fingerprint density at radius 3 is 2.75 bits per heavy atom. The van der Waals surface area contributed by atoms with E-state index in [1.165, 1.54) is 30.3 Å². The van der Waals surface area contributed by atoms with E-state index in [1.807, 2.05) is 0 Å². The molecule has 0 saturated carbocycles. The average molecular weight is 292 g/mol. The molecule has 0 aliphatic rings. The van der Waals surface area contributed by atoms with Crippen molar-refractivity contribution in [1.29, 1.82) is 0 Å². The lowest BCUT2D eigenvalue weighted by Crippen LogP contribution is -1.94. The Bertz CT molecular complexity index is 828. The Morgan fingerprint density at radius 2 is 2.05 bits per heavy atom. The van der Waals surface area contributed by atoms with Crippen LogP contribution in [-0.4, -0.2) is 16.1 Å². The summed E-state index contributed by atoms with van der Waals surface area (Å²) < 4.78 is 19.2. The maximum Gasteiger partial charge on any atom is 0.335 e. The fourth-order valence-corrected chi connectivity index (χ4v) is 2.00. The summed E-state index contributed by atoms with van der Waals surface area (Å²) in [5, 5.41) is 9.18. The zero-order chi connectivity index (χ0) is 14.3. The minimum atomic E-state index is -1.06. The number of oxazole rings is 1. The Hall–Kier alpha value is -2.40. The molecule has 1 aromatic heterocycles. The molecule has 0 aliphatic carbocycles. The third kappa shape index (κ3) is 2.12. The van der Waals surface area contributed by atoms with Crippen molar-refractivity contribution >= 4 is 28.7 Å². The van der Waals surface area contributed by atoms with Gasteiger partial charge in [0.05, 0.1) is 11.1 Å². The number of nitrogens with zero attached hydrogens (tertiary/aromatic N) is 1. The highest BCUT2D eigenvalue weighted by molar-refractivity contribution is 6.30. The van der Waals surface area contributed by atoms with Crippen LogP contribution in [0, 0.1) is 5.82 Å². The molecule has 0 radical (unpaired) electrons. The molecule has 0 amide bonds. The smallest absolute Gasteiger partial charge is 0.335 e. The molecule has 0 saturated heterocycles. The molecule has 0 spiro atoms. The van der Waals surface area contributed by atoms with Crippen LogP contribution in [0.25, 0.3) is 22.6 Å².